The van der Waals surface area contributed by atoms with Crippen molar-refractivity contribution in [3.05, 3.63) is 30.1 Å². The number of nitrogens with zero attached hydrogens (tertiary/aromatic N) is 1. The number of rotatable bonds is 4. The van der Waals surface area contributed by atoms with Gasteiger partial charge in [-0.15, -0.1) is 9.24 Å². The average molecular weight is 538 g/mol. The molecule has 1 atom stereocenters. The summed E-state index contributed by atoms with van der Waals surface area (Å²) in [5.41, 5.74) is 1.98. The first-order valence-electron chi connectivity index (χ1n) is 7.37. The molecular formula is C17H33ClN2OOsP-. The SMILES string of the molecule is CC(C)(C)C(C)(C)C.PCCNCc1ccccn1.[CH-]=O.[Cl][OsH]. The van der Waals surface area contributed by atoms with Crippen LogP contribution in [0.25, 0.3) is 0 Å². The molecule has 1 rings (SSSR count). The van der Waals surface area contributed by atoms with Crippen LogP contribution < -0.4 is 5.32 Å². The molecule has 0 saturated carbocycles. The van der Waals surface area contributed by atoms with Crippen molar-refractivity contribution in [3.8, 4) is 0 Å². The van der Waals surface area contributed by atoms with E-state index in [9.17, 15) is 0 Å². The van der Waals surface area contributed by atoms with Crippen LogP contribution in [0.1, 0.15) is 47.2 Å². The molecule has 23 heavy (non-hydrogen) atoms. The molecule has 138 valence electrons. The molecule has 0 fully saturated rings. The molecule has 1 aromatic rings. The zero-order chi connectivity index (χ0) is 18.9. The van der Waals surface area contributed by atoms with E-state index in [1.54, 1.807) is 0 Å². The molecule has 0 radical (unpaired) electrons. The van der Waals surface area contributed by atoms with E-state index < -0.39 is 0 Å². The molecule has 0 bridgehead atoms. The Balaban J connectivity index is -0.000000296. The Morgan fingerprint density at radius 2 is 1.61 bits per heavy atom. The fraction of sp³-hybridized carbons (Fsp3) is 0.647. The molecule has 1 unspecified atom stereocenters. The van der Waals surface area contributed by atoms with Crippen molar-refractivity contribution in [2.24, 2.45) is 10.8 Å². The molecule has 0 aliphatic rings. The fourth-order valence-electron chi connectivity index (χ4n) is 0.821. The van der Waals surface area contributed by atoms with Gasteiger partial charge in [-0.25, -0.2) is 0 Å². The third-order valence-corrected chi connectivity index (χ3v) is 3.89. The summed E-state index contributed by atoms with van der Waals surface area (Å²) in [4.78, 5) is 11.9. The normalized spacial score (nSPS) is 10.2. The molecule has 6 heteroatoms. The summed E-state index contributed by atoms with van der Waals surface area (Å²) < 4.78 is 0. The van der Waals surface area contributed by atoms with Crippen LogP contribution in [0.2, 0.25) is 0 Å². The Kier molecular flexibility index (Phi) is 20.6. The van der Waals surface area contributed by atoms with Crippen LogP contribution in [0.3, 0.4) is 0 Å². The molecular weight excluding hydrogens is 505 g/mol. The van der Waals surface area contributed by atoms with Crippen molar-refractivity contribution in [2.45, 2.75) is 48.1 Å². The van der Waals surface area contributed by atoms with Gasteiger partial charge in [-0.3, -0.25) is 11.8 Å². The van der Waals surface area contributed by atoms with Crippen molar-refractivity contribution in [1.29, 1.82) is 0 Å². The summed E-state index contributed by atoms with van der Waals surface area (Å²) in [7, 11) is 7.38. The van der Waals surface area contributed by atoms with Gasteiger partial charge in [0.25, 0.3) is 0 Å². The summed E-state index contributed by atoms with van der Waals surface area (Å²) in [6.07, 6.45) is 2.91. The number of pyridine rings is 1. The van der Waals surface area contributed by atoms with E-state index in [0.717, 1.165) is 24.9 Å². The van der Waals surface area contributed by atoms with Crippen molar-refractivity contribution in [3.63, 3.8) is 0 Å². The van der Waals surface area contributed by atoms with E-state index in [4.69, 9.17) is 14.4 Å². The summed E-state index contributed by atoms with van der Waals surface area (Å²) in [6, 6.07) is 5.96. The Hall–Kier alpha value is 0.136. The van der Waals surface area contributed by atoms with E-state index in [1.165, 1.54) is 17.6 Å². The maximum atomic E-state index is 7.75. The molecule has 3 nitrogen and oxygen atoms in total. The summed E-state index contributed by atoms with van der Waals surface area (Å²) in [6.45, 7) is 18.8. The fourth-order valence-corrected chi connectivity index (χ4v) is 1.03. The average Bonchev–Trinajstić information content (AvgIpc) is 2.51. The van der Waals surface area contributed by atoms with Gasteiger partial charge < -0.3 is 10.1 Å². The molecule has 0 saturated heterocycles. The minimum absolute atomic E-state index is 0.437. The van der Waals surface area contributed by atoms with Crippen LogP contribution in [-0.2, 0) is 28.9 Å². The second kappa shape index (κ2) is 17.0. The van der Waals surface area contributed by atoms with E-state index in [2.05, 4.69) is 67.9 Å². The molecule has 0 aliphatic carbocycles. The number of carbonyl (C=O) groups excluding carboxylic acids is 1. The first-order valence-corrected chi connectivity index (χ1v) is 11.5. The standard InChI is InChI=1S/C8H13N2P.C8H18.CHO.ClH.Os.H/c11-6-5-9-7-8-3-1-2-4-10-8;1-7(2,3)8(4,5)6;1-2;;;/h1-4,9H,5-7,11H2;1-6H3;1H;1H;;/q;;-1;;+1;/p-1. The van der Waals surface area contributed by atoms with Gasteiger partial charge in [-0.05, 0) is 35.7 Å². The van der Waals surface area contributed by atoms with Crippen LogP contribution in [-0.4, -0.2) is 24.5 Å². The topological polar surface area (TPSA) is 42.0 Å². The number of nitrogens with one attached hydrogen (secondary N) is 1. The van der Waals surface area contributed by atoms with Gasteiger partial charge >= 0.3 is 27.2 Å². The molecule has 0 aromatic carbocycles. The van der Waals surface area contributed by atoms with Crippen molar-refractivity contribution >= 4 is 25.7 Å². The van der Waals surface area contributed by atoms with E-state index in [0.29, 0.717) is 10.8 Å². The Morgan fingerprint density at radius 1 is 1.13 bits per heavy atom. The summed E-state index contributed by atoms with van der Waals surface area (Å²) in [5.74, 6) is 0. The number of aromatic nitrogens is 1. The number of hydrogen-bond donors (Lipinski definition) is 1. The van der Waals surface area contributed by atoms with Gasteiger partial charge in [-0.1, -0.05) is 47.6 Å². The van der Waals surface area contributed by atoms with Gasteiger partial charge in [0.05, 0.1) is 5.69 Å². The first kappa shape index (κ1) is 28.0. The van der Waals surface area contributed by atoms with Gasteiger partial charge in [0.15, 0.2) is 0 Å². The van der Waals surface area contributed by atoms with Crippen molar-refractivity contribution in [2.75, 3.05) is 12.7 Å². The molecule has 1 N–H and O–H groups in total. The van der Waals surface area contributed by atoms with Crippen LogP contribution >= 0.6 is 18.9 Å². The van der Waals surface area contributed by atoms with Crippen LogP contribution in [0.15, 0.2) is 24.4 Å². The third-order valence-electron chi connectivity index (χ3n) is 3.60. The molecule has 0 amide bonds. The second-order valence-corrected chi connectivity index (χ2v) is 7.36. The maximum absolute atomic E-state index is 7.75. The molecule has 1 heterocycles. The minimum atomic E-state index is 0.437. The molecule has 1 aromatic heterocycles. The second-order valence-electron chi connectivity index (χ2n) is 6.79. The third kappa shape index (κ3) is 18.3. The van der Waals surface area contributed by atoms with E-state index in [-0.39, 0.29) is 0 Å². The Bertz CT molecular complexity index is 342. The van der Waals surface area contributed by atoms with Gasteiger partial charge in [-0.2, -0.15) is 0 Å². The monoisotopic (exact) mass is 539 g/mol. The number of halogens is 1. The molecule has 0 spiro atoms. The van der Waals surface area contributed by atoms with Crippen LogP contribution in [0, 0.1) is 10.8 Å². The van der Waals surface area contributed by atoms with Gasteiger partial charge in [0, 0.05) is 12.7 Å². The van der Waals surface area contributed by atoms with Crippen molar-refractivity contribution < 1.29 is 22.4 Å². The predicted octanol–water partition coefficient (Wildman–Crippen LogP) is 4.27. The zero-order valence-corrected chi connectivity index (χ0v) is 19.8. The first-order chi connectivity index (χ1) is 10.7. The van der Waals surface area contributed by atoms with Gasteiger partial charge in [0.1, 0.15) is 0 Å². The van der Waals surface area contributed by atoms with E-state index in [1.807, 2.05) is 24.4 Å². The molecule has 0 aliphatic heterocycles. The summed E-state index contributed by atoms with van der Waals surface area (Å²) in [5, 5.41) is 3.27. The zero-order valence-electron chi connectivity index (χ0n) is 15.2. The quantitative estimate of drug-likeness (QED) is 0.270. The van der Waals surface area contributed by atoms with Crippen LogP contribution in [0.5, 0.6) is 0 Å². The Labute approximate surface area is 159 Å². The van der Waals surface area contributed by atoms with Crippen LogP contribution in [0.4, 0.5) is 0 Å². The number of hydrogen-bond acceptors (Lipinski definition) is 3. The Morgan fingerprint density at radius 3 is 1.91 bits per heavy atom. The summed E-state index contributed by atoms with van der Waals surface area (Å²) >= 11 is 1.19. The predicted molar refractivity (Wildman–Crippen MR) is 103 cm³/mol. The van der Waals surface area contributed by atoms with E-state index >= 15 is 0 Å². The van der Waals surface area contributed by atoms with Gasteiger partial charge in [0.2, 0.25) is 0 Å². The van der Waals surface area contributed by atoms with Crippen molar-refractivity contribution in [1.82, 2.24) is 10.3 Å².